The fourth-order valence-electron chi connectivity index (χ4n) is 2.95. The Kier molecular flexibility index (Phi) is 11.1. The van der Waals surface area contributed by atoms with Crippen molar-refractivity contribution in [3.8, 4) is 0 Å². The molecule has 0 aromatic carbocycles. The summed E-state index contributed by atoms with van der Waals surface area (Å²) < 4.78 is 0. The number of carbonyl (C=O) groups excluding carboxylic acids is 1. The van der Waals surface area contributed by atoms with E-state index in [1.807, 2.05) is 7.05 Å². The number of likely N-dealkylation sites (N-methyl/N-ethyl adjacent to an activating group) is 1. The number of nitrogens with one attached hydrogen (secondary N) is 2. The molecular formula is C21H44N2O. The smallest absolute Gasteiger partial charge is 0.155 e. The van der Waals surface area contributed by atoms with E-state index in [1.165, 1.54) is 25.7 Å². The van der Waals surface area contributed by atoms with E-state index >= 15 is 0 Å². The molecule has 0 heterocycles. The van der Waals surface area contributed by atoms with Crippen molar-refractivity contribution in [3.63, 3.8) is 0 Å². The molecule has 144 valence electrons. The average molecular weight is 341 g/mol. The van der Waals surface area contributed by atoms with Gasteiger partial charge in [0.1, 0.15) is 0 Å². The van der Waals surface area contributed by atoms with E-state index in [4.69, 9.17) is 0 Å². The molecule has 0 rings (SSSR count). The van der Waals surface area contributed by atoms with E-state index in [0.29, 0.717) is 11.7 Å². The molecule has 1 atom stereocenters. The summed E-state index contributed by atoms with van der Waals surface area (Å²) in [5.74, 6) is 0.722. The lowest BCUT2D eigenvalue weighted by Crippen LogP contribution is -2.44. The summed E-state index contributed by atoms with van der Waals surface area (Å²) in [7, 11) is 1.91. The van der Waals surface area contributed by atoms with E-state index in [-0.39, 0.29) is 17.0 Å². The van der Waals surface area contributed by atoms with Gasteiger partial charge in [0.25, 0.3) is 0 Å². The molecule has 0 saturated heterocycles. The maximum absolute atomic E-state index is 12.7. The third kappa shape index (κ3) is 8.62. The number of hydrogen-bond donors (Lipinski definition) is 2. The van der Waals surface area contributed by atoms with Gasteiger partial charge in [-0.2, -0.15) is 0 Å². The lowest BCUT2D eigenvalue weighted by atomic mass is 9.74. The molecule has 1 unspecified atom stereocenters. The van der Waals surface area contributed by atoms with E-state index in [9.17, 15) is 4.79 Å². The predicted octanol–water partition coefficient (Wildman–Crippen LogP) is 4.94. The van der Waals surface area contributed by atoms with Gasteiger partial charge in [0.15, 0.2) is 5.78 Å². The van der Waals surface area contributed by atoms with Crippen LogP contribution in [0.2, 0.25) is 0 Å². The Hall–Kier alpha value is -0.410. The Morgan fingerprint density at radius 3 is 2.12 bits per heavy atom. The van der Waals surface area contributed by atoms with Crippen LogP contribution in [0, 0.1) is 11.3 Å². The first kappa shape index (κ1) is 23.6. The van der Waals surface area contributed by atoms with Gasteiger partial charge in [-0.1, -0.05) is 60.3 Å². The van der Waals surface area contributed by atoms with Gasteiger partial charge in [-0.15, -0.1) is 0 Å². The normalized spacial score (nSPS) is 14.2. The average Bonchev–Trinajstić information content (AvgIpc) is 2.50. The van der Waals surface area contributed by atoms with Gasteiger partial charge >= 0.3 is 0 Å². The minimum atomic E-state index is -0.257. The molecule has 2 N–H and O–H groups in total. The molecular weight excluding hydrogens is 296 g/mol. The largest absolute Gasteiger partial charge is 0.312 e. The second-order valence-corrected chi connectivity index (χ2v) is 8.85. The number of hydrogen-bond acceptors (Lipinski definition) is 3. The molecule has 0 radical (unpaired) electrons. The van der Waals surface area contributed by atoms with Gasteiger partial charge < -0.3 is 10.6 Å². The molecule has 24 heavy (non-hydrogen) atoms. The first-order valence-electron chi connectivity index (χ1n) is 10.0. The van der Waals surface area contributed by atoms with Crippen LogP contribution in [0.15, 0.2) is 0 Å². The molecule has 0 aliphatic heterocycles. The lowest BCUT2D eigenvalue weighted by Gasteiger charge is -2.32. The van der Waals surface area contributed by atoms with Gasteiger partial charge in [0, 0.05) is 11.0 Å². The van der Waals surface area contributed by atoms with Crippen molar-refractivity contribution in [1.29, 1.82) is 0 Å². The Labute approximate surface area is 151 Å². The number of carbonyl (C=O) groups is 1. The Morgan fingerprint density at radius 2 is 1.62 bits per heavy atom. The maximum Gasteiger partial charge on any atom is 0.155 e. The molecule has 3 nitrogen and oxygen atoms in total. The molecule has 0 saturated carbocycles. The first-order chi connectivity index (χ1) is 11.1. The quantitative estimate of drug-likeness (QED) is 0.440. The fraction of sp³-hybridized carbons (Fsp3) is 0.952. The van der Waals surface area contributed by atoms with Crippen LogP contribution in [0.1, 0.15) is 93.4 Å². The Balaban J connectivity index is 4.14. The highest BCUT2D eigenvalue weighted by Crippen LogP contribution is 2.29. The van der Waals surface area contributed by atoms with Crippen LogP contribution in [0.5, 0.6) is 0 Å². The summed E-state index contributed by atoms with van der Waals surface area (Å²) in [6.45, 7) is 16.3. The van der Waals surface area contributed by atoms with Crippen molar-refractivity contribution in [1.82, 2.24) is 10.6 Å². The van der Waals surface area contributed by atoms with Crippen LogP contribution in [0.4, 0.5) is 0 Å². The Morgan fingerprint density at radius 1 is 1.00 bits per heavy atom. The summed E-state index contributed by atoms with van der Waals surface area (Å²) in [6, 6.07) is -0.0139. The number of rotatable bonds is 14. The minimum absolute atomic E-state index is 0.0139. The molecule has 0 aliphatic rings. The molecule has 3 heteroatoms. The zero-order valence-electron chi connectivity index (χ0n) is 17.7. The number of Topliss-reactive ketones (excluding diaryl/α,β-unsaturated/α-hetero) is 1. The predicted molar refractivity (Wildman–Crippen MR) is 107 cm³/mol. The van der Waals surface area contributed by atoms with Crippen LogP contribution in [-0.4, -0.2) is 31.0 Å². The van der Waals surface area contributed by atoms with Crippen LogP contribution < -0.4 is 10.6 Å². The zero-order chi connectivity index (χ0) is 18.8. The van der Waals surface area contributed by atoms with E-state index < -0.39 is 0 Å². The van der Waals surface area contributed by atoms with Gasteiger partial charge in [-0.05, 0) is 52.6 Å². The van der Waals surface area contributed by atoms with Crippen molar-refractivity contribution >= 4 is 5.78 Å². The van der Waals surface area contributed by atoms with E-state index in [2.05, 4.69) is 59.1 Å². The molecule has 0 amide bonds. The molecule has 0 bridgehead atoms. The third-order valence-corrected chi connectivity index (χ3v) is 5.67. The third-order valence-electron chi connectivity index (χ3n) is 5.67. The monoisotopic (exact) mass is 340 g/mol. The van der Waals surface area contributed by atoms with Gasteiger partial charge in [0.2, 0.25) is 0 Å². The van der Waals surface area contributed by atoms with Gasteiger partial charge in [-0.3, -0.25) is 4.79 Å². The molecule has 0 aromatic rings. The number of unbranched alkanes of at least 4 members (excludes halogenated alkanes) is 3. The molecule has 0 aliphatic carbocycles. The van der Waals surface area contributed by atoms with Gasteiger partial charge in [-0.25, -0.2) is 0 Å². The van der Waals surface area contributed by atoms with Crippen molar-refractivity contribution in [3.05, 3.63) is 0 Å². The van der Waals surface area contributed by atoms with Crippen LogP contribution in [0.3, 0.4) is 0 Å². The van der Waals surface area contributed by atoms with E-state index in [1.54, 1.807) is 0 Å². The highest BCUT2D eigenvalue weighted by atomic mass is 16.1. The first-order valence-corrected chi connectivity index (χ1v) is 10.0. The molecule has 0 fully saturated rings. The summed E-state index contributed by atoms with van der Waals surface area (Å²) in [4.78, 5) is 12.7. The summed E-state index contributed by atoms with van der Waals surface area (Å²) in [5.41, 5.74) is -0.0276. The number of ketones is 1. The Bertz CT molecular complexity index is 348. The summed E-state index contributed by atoms with van der Waals surface area (Å²) >= 11 is 0. The van der Waals surface area contributed by atoms with Crippen molar-refractivity contribution in [2.45, 2.75) is 105 Å². The van der Waals surface area contributed by atoms with Crippen molar-refractivity contribution < 1.29 is 4.79 Å². The minimum Gasteiger partial charge on any atom is -0.312 e. The van der Waals surface area contributed by atoms with E-state index in [0.717, 1.165) is 25.8 Å². The van der Waals surface area contributed by atoms with Gasteiger partial charge in [0.05, 0.1) is 6.04 Å². The lowest BCUT2D eigenvalue weighted by molar-refractivity contribution is -0.131. The second kappa shape index (κ2) is 11.3. The van der Waals surface area contributed by atoms with Crippen molar-refractivity contribution in [2.75, 3.05) is 13.6 Å². The maximum atomic E-state index is 12.7. The van der Waals surface area contributed by atoms with Crippen LogP contribution in [0.25, 0.3) is 0 Å². The van der Waals surface area contributed by atoms with Crippen LogP contribution >= 0.6 is 0 Å². The summed E-state index contributed by atoms with van der Waals surface area (Å²) in [6.07, 6.45) is 8.29. The highest BCUT2D eigenvalue weighted by Gasteiger charge is 2.35. The topological polar surface area (TPSA) is 41.1 Å². The second-order valence-electron chi connectivity index (χ2n) is 8.85. The molecule has 0 spiro atoms. The summed E-state index contributed by atoms with van der Waals surface area (Å²) in [5, 5.41) is 6.92. The standard InChI is InChI=1S/C21H44N2O/c1-9-10-12-15-20(4,5)23-16-13-11-14-18(22-8)19(24)21(6,7)17(2)3/h17-18,22-23H,9-16H2,1-8H3. The van der Waals surface area contributed by atoms with Crippen molar-refractivity contribution in [2.24, 2.45) is 11.3 Å². The SMILES string of the molecule is CCCCCC(C)(C)NCCCCC(NC)C(=O)C(C)(C)C(C)C. The van der Waals surface area contributed by atoms with Crippen LogP contribution in [-0.2, 0) is 4.79 Å². The molecule has 0 aromatic heterocycles. The fourth-order valence-corrected chi connectivity index (χ4v) is 2.95. The highest BCUT2D eigenvalue weighted by molar-refractivity contribution is 5.89. The zero-order valence-corrected chi connectivity index (χ0v) is 17.7.